The van der Waals surface area contributed by atoms with E-state index in [0.29, 0.717) is 58.3 Å². The second-order valence-electron chi connectivity index (χ2n) is 9.26. The summed E-state index contributed by atoms with van der Waals surface area (Å²) in [5, 5.41) is 11.2. The Bertz CT molecular complexity index is 1700. The Morgan fingerprint density at radius 2 is 1.90 bits per heavy atom. The van der Waals surface area contributed by atoms with Gasteiger partial charge in [0, 0.05) is 22.7 Å². The number of anilines is 2. The Balaban J connectivity index is 1.44. The Morgan fingerprint density at radius 3 is 2.59 bits per heavy atom. The first-order chi connectivity index (χ1) is 18.9. The maximum Gasteiger partial charge on any atom is 0.277 e. The standard InChI is InChI=1S/C29H30N6O3S/c1-4-6-25-31-17(3)26-29(37)33-27(34-35(25)26)21-14-19(9-12-24(21)38-5-2)13-18-7-10-20(11-8-18)28(36)32-23-16-39-15-22(23)30/h7-12,14-16H,4-6,13,30H2,1-3H3,(H,32,36)(H,33,34,37). The van der Waals surface area contributed by atoms with Crippen molar-refractivity contribution >= 4 is 34.1 Å². The predicted molar refractivity (Wildman–Crippen MR) is 155 cm³/mol. The lowest BCUT2D eigenvalue weighted by molar-refractivity contribution is 0.102. The van der Waals surface area contributed by atoms with Gasteiger partial charge in [-0.05, 0) is 62.1 Å². The van der Waals surface area contributed by atoms with Crippen molar-refractivity contribution < 1.29 is 9.53 Å². The van der Waals surface area contributed by atoms with Gasteiger partial charge in [0.1, 0.15) is 11.6 Å². The number of amides is 1. The highest BCUT2D eigenvalue weighted by molar-refractivity contribution is 7.09. The summed E-state index contributed by atoms with van der Waals surface area (Å²) >= 11 is 1.44. The zero-order valence-corrected chi connectivity index (χ0v) is 22.9. The fourth-order valence-electron chi connectivity index (χ4n) is 4.51. The van der Waals surface area contributed by atoms with Gasteiger partial charge in [-0.15, -0.1) is 16.4 Å². The maximum absolute atomic E-state index is 13.0. The van der Waals surface area contributed by atoms with Crippen LogP contribution in [-0.4, -0.2) is 32.1 Å². The molecule has 9 nitrogen and oxygen atoms in total. The number of carbonyl (C=O) groups excluding carboxylic acids is 1. The summed E-state index contributed by atoms with van der Waals surface area (Å²) in [7, 11) is 0. The number of imidazole rings is 1. The van der Waals surface area contributed by atoms with Gasteiger partial charge < -0.3 is 20.8 Å². The van der Waals surface area contributed by atoms with Gasteiger partial charge in [-0.2, -0.15) is 0 Å². The second-order valence-corrected chi connectivity index (χ2v) is 10.0. The number of carbonyl (C=O) groups is 1. The molecule has 39 heavy (non-hydrogen) atoms. The van der Waals surface area contributed by atoms with E-state index in [1.807, 2.05) is 49.6 Å². The van der Waals surface area contributed by atoms with E-state index in [-0.39, 0.29) is 11.5 Å². The van der Waals surface area contributed by atoms with E-state index in [0.717, 1.165) is 29.8 Å². The van der Waals surface area contributed by atoms with E-state index >= 15 is 0 Å². The van der Waals surface area contributed by atoms with E-state index < -0.39 is 0 Å². The minimum Gasteiger partial charge on any atom is -0.493 e. The summed E-state index contributed by atoms with van der Waals surface area (Å²) in [6, 6.07) is 13.3. The topological polar surface area (TPSA) is 127 Å². The first kappa shape index (κ1) is 26.2. The summed E-state index contributed by atoms with van der Waals surface area (Å²) < 4.78 is 7.54. The third kappa shape index (κ3) is 5.42. The molecule has 0 spiro atoms. The molecule has 0 saturated heterocycles. The number of nitrogens with one attached hydrogen (secondary N) is 2. The Hall–Kier alpha value is -4.44. The molecule has 200 valence electrons. The normalized spacial score (nSPS) is 11.2. The Kier molecular flexibility index (Phi) is 7.47. The fourth-order valence-corrected chi connectivity index (χ4v) is 5.18. The van der Waals surface area contributed by atoms with E-state index in [1.165, 1.54) is 11.3 Å². The highest BCUT2D eigenvalue weighted by atomic mass is 32.1. The van der Waals surface area contributed by atoms with Crippen LogP contribution >= 0.6 is 11.3 Å². The maximum atomic E-state index is 13.0. The number of benzene rings is 2. The number of nitrogens with two attached hydrogens (primary N) is 1. The van der Waals surface area contributed by atoms with Crippen LogP contribution in [0.25, 0.3) is 16.9 Å². The molecule has 1 amide bonds. The SMILES string of the molecule is CCCc1nc(C)c2c(=O)[nH]c(-c3cc(Cc4ccc(C(=O)Nc5cscc5N)cc4)ccc3OCC)nn12. The van der Waals surface area contributed by atoms with Crippen molar-refractivity contribution in [3.05, 3.63) is 91.8 Å². The van der Waals surface area contributed by atoms with Gasteiger partial charge in [-0.1, -0.05) is 25.1 Å². The smallest absolute Gasteiger partial charge is 0.277 e. The minimum absolute atomic E-state index is 0.211. The molecular weight excluding hydrogens is 512 g/mol. The zero-order valence-electron chi connectivity index (χ0n) is 22.1. The van der Waals surface area contributed by atoms with Crippen molar-refractivity contribution in [3.63, 3.8) is 0 Å². The molecule has 0 radical (unpaired) electrons. The quantitative estimate of drug-likeness (QED) is 0.234. The summed E-state index contributed by atoms with van der Waals surface area (Å²) in [5.74, 6) is 1.61. The van der Waals surface area contributed by atoms with Crippen LogP contribution in [0.1, 0.15) is 53.3 Å². The number of H-pyrrole nitrogens is 1. The van der Waals surface area contributed by atoms with Crippen LogP contribution in [0.15, 0.2) is 58.0 Å². The van der Waals surface area contributed by atoms with Crippen molar-refractivity contribution in [2.45, 2.75) is 40.0 Å². The van der Waals surface area contributed by atoms with Gasteiger partial charge >= 0.3 is 0 Å². The van der Waals surface area contributed by atoms with Gasteiger partial charge in [-0.25, -0.2) is 9.50 Å². The van der Waals surface area contributed by atoms with Gasteiger partial charge in [-0.3, -0.25) is 9.59 Å². The number of ether oxygens (including phenoxy) is 1. The van der Waals surface area contributed by atoms with Gasteiger partial charge in [0.15, 0.2) is 11.3 Å². The zero-order chi connectivity index (χ0) is 27.5. The number of aromatic nitrogens is 4. The second kappa shape index (κ2) is 11.1. The lowest BCUT2D eigenvalue weighted by Crippen LogP contribution is -2.16. The lowest BCUT2D eigenvalue weighted by Gasteiger charge is -2.13. The third-order valence-corrected chi connectivity index (χ3v) is 7.14. The number of fused-ring (bicyclic) bond motifs is 1. The summed E-state index contributed by atoms with van der Waals surface area (Å²) in [4.78, 5) is 33.1. The molecule has 2 aromatic carbocycles. The molecule has 0 aliphatic carbocycles. The number of hydrogen-bond acceptors (Lipinski definition) is 7. The van der Waals surface area contributed by atoms with Crippen molar-refractivity contribution in [2.75, 3.05) is 17.7 Å². The van der Waals surface area contributed by atoms with Crippen molar-refractivity contribution in [1.29, 1.82) is 0 Å². The van der Waals surface area contributed by atoms with E-state index in [9.17, 15) is 9.59 Å². The fraction of sp³-hybridized carbons (Fsp3) is 0.241. The molecule has 0 bridgehead atoms. The highest BCUT2D eigenvalue weighted by Gasteiger charge is 2.17. The minimum atomic E-state index is -0.238. The van der Waals surface area contributed by atoms with Crippen LogP contribution in [0.4, 0.5) is 11.4 Å². The largest absolute Gasteiger partial charge is 0.493 e. The number of nitrogen functional groups attached to an aromatic ring is 1. The molecule has 5 aromatic rings. The average Bonchev–Trinajstić information content (AvgIpc) is 3.47. The number of thiophene rings is 1. The van der Waals surface area contributed by atoms with Gasteiger partial charge in [0.25, 0.3) is 11.5 Å². The summed E-state index contributed by atoms with van der Waals surface area (Å²) in [6.07, 6.45) is 2.24. The molecule has 0 aliphatic rings. The van der Waals surface area contributed by atoms with Crippen LogP contribution in [-0.2, 0) is 12.8 Å². The molecule has 0 atom stereocenters. The van der Waals surface area contributed by atoms with Crippen LogP contribution < -0.4 is 21.3 Å². The summed E-state index contributed by atoms with van der Waals surface area (Å²) in [5.41, 5.74) is 11.2. The monoisotopic (exact) mass is 542 g/mol. The average molecular weight is 543 g/mol. The van der Waals surface area contributed by atoms with Crippen molar-refractivity contribution in [3.8, 4) is 17.1 Å². The lowest BCUT2D eigenvalue weighted by atomic mass is 10.0. The molecule has 0 unspecified atom stereocenters. The van der Waals surface area contributed by atoms with Crippen LogP contribution in [0, 0.1) is 6.92 Å². The first-order valence-electron chi connectivity index (χ1n) is 12.8. The molecule has 4 N–H and O–H groups in total. The third-order valence-electron chi connectivity index (χ3n) is 6.38. The van der Waals surface area contributed by atoms with Crippen molar-refractivity contribution in [2.24, 2.45) is 0 Å². The molecule has 5 rings (SSSR count). The van der Waals surface area contributed by atoms with E-state index in [4.69, 9.17) is 15.6 Å². The Morgan fingerprint density at radius 1 is 1.13 bits per heavy atom. The molecule has 3 aromatic heterocycles. The van der Waals surface area contributed by atoms with Crippen LogP contribution in [0.2, 0.25) is 0 Å². The molecule has 10 heteroatoms. The van der Waals surface area contributed by atoms with Crippen LogP contribution in [0.3, 0.4) is 0 Å². The predicted octanol–water partition coefficient (Wildman–Crippen LogP) is 5.23. The van der Waals surface area contributed by atoms with Gasteiger partial charge in [0.05, 0.1) is 29.2 Å². The van der Waals surface area contributed by atoms with Gasteiger partial charge in [0.2, 0.25) is 0 Å². The molecule has 0 aliphatic heterocycles. The number of hydrogen-bond donors (Lipinski definition) is 3. The highest BCUT2D eigenvalue weighted by Crippen LogP contribution is 2.30. The molecular formula is C29H30N6O3S. The Labute approximate surface area is 229 Å². The summed E-state index contributed by atoms with van der Waals surface area (Å²) in [6.45, 7) is 6.29. The van der Waals surface area contributed by atoms with E-state index in [2.05, 4.69) is 22.2 Å². The van der Waals surface area contributed by atoms with Crippen LogP contribution in [0.5, 0.6) is 5.75 Å². The van der Waals surface area contributed by atoms with Crippen molar-refractivity contribution in [1.82, 2.24) is 19.6 Å². The number of rotatable bonds is 9. The molecule has 0 saturated carbocycles. The number of nitrogens with zero attached hydrogens (tertiary/aromatic N) is 3. The first-order valence-corrected chi connectivity index (χ1v) is 13.8. The molecule has 3 heterocycles. The number of aryl methyl sites for hydroxylation is 2. The van der Waals surface area contributed by atoms with E-state index in [1.54, 1.807) is 22.0 Å². The molecule has 0 fully saturated rings. The number of aromatic amines is 1.